The Morgan fingerprint density at radius 3 is 2.54 bits per heavy atom. The van der Waals surface area contributed by atoms with Gasteiger partial charge in [0.25, 0.3) is 0 Å². The molecule has 0 saturated carbocycles. The van der Waals surface area contributed by atoms with Crippen LogP contribution >= 0.6 is 11.8 Å². The molecule has 0 aromatic heterocycles. The second kappa shape index (κ2) is 7.54. The number of rotatable bonds is 4. The second-order valence-electron chi connectivity index (χ2n) is 7.46. The van der Waals surface area contributed by atoms with Crippen molar-refractivity contribution in [3.63, 3.8) is 0 Å². The third kappa shape index (κ3) is 4.28. The first-order valence-corrected chi connectivity index (χ1v) is 9.63. The van der Waals surface area contributed by atoms with Crippen LogP contribution < -0.4 is 5.32 Å². The quantitative estimate of drug-likeness (QED) is 0.806. The average molecular weight is 369 g/mol. The van der Waals surface area contributed by atoms with Gasteiger partial charge in [-0.05, 0) is 28.7 Å². The number of thioether (sulfide) groups is 1. The molecule has 2 aromatic rings. The van der Waals surface area contributed by atoms with Crippen LogP contribution in [0.4, 0.5) is 4.79 Å². The normalized spacial score (nSPS) is 17.0. The van der Waals surface area contributed by atoms with Crippen molar-refractivity contribution in [2.45, 2.75) is 49.4 Å². The summed E-state index contributed by atoms with van der Waals surface area (Å²) < 4.78 is 0. The van der Waals surface area contributed by atoms with Gasteiger partial charge in [-0.1, -0.05) is 75.0 Å². The molecular weight excluding hydrogens is 344 g/mol. The molecule has 0 spiro atoms. The van der Waals surface area contributed by atoms with E-state index in [1.807, 2.05) is 42.5 Å². The number of hydrogen-bond acceptors (Lipinski definition) is 3. The van der Waals surface area contributed by atoms with Gasteiger partial charge >= 0.3 is 6.03 Å². The van der Waals surface area contributed by atoms with Crippen LogP contribution in [0.1, 0.15) is 38.3 Å². The Morgan fingerprint density at radius 2 is 1.88 bits per heavy atom. The first-order chi connectivity index (χ1) is 12.3. The van der Waals surface area contributed by atoms with Crippen LogP contribution in [0.2, 0.25) is 0 Å². The molecule has 26 heavy (non-hydrogen) atoms. The predicted octanol–water partition coefficient (Wildman–Crippen LogP) is 4.54. The van der Waals surface area contributed by atoms with Crippen molar-refractivity contribution in [2.75, 3.05) is 0 Å². The van der Waals surface area contributed by atoms with Crippen molar-refractivity contribution in [1.82, 2.24) is 10.2 Å². The fourth-order valence-electron chi connectivity index (χ4n) is 2.78. The number of amides is 3. The van der Waals surface area contributed by atoms with E-state index in [0.717, 1.165) is 10.5 Å². The smallest absolute Gasteiger partial charge is 0.325 e. The minimum Gasteiger partial charge on any atom is -0.334 e. The topological polar surface area (TPSA) is 49.4 Å². The molecule has 4 nitrogen and oxygen atoms in total. The molecule has 5 heteroatoms. The summed E-state index contributed by atoms with van der Waals surface area (Å²) in [5, 5.41) is 2.69. The molecule has 0 bridgehead atoms. The van der Waals surface area contributed by atoms with Gasteiger partial charge in [0.2, 0.25) is 5.91 Å². The van der Waals surface area contributed by atoms with Gasteiger partial charge in [-0.25, -0.2) is 4.79 Å². The van der Waals surface area contributed by atoms with Gasteiger partial charge in [-0.2, -0.15) is 0 Å². The SMILES string of the molecule is CC(C)(C)c1cccc(SC2CC(=O)N2C(=O)NCc2ccccc2)c1. The van der Waals surface area contributed by atoms with Crippen LogP contribution in [0.15, 0.2) is 59.5 Å². The van der Waals surface area contributed by atoms with Crippen LogP contribution in [0.5, 0.6) is 0 Å². The Labute approximate surface area is 159 Å². The Bertz CT molecular complexity index is 799. The highest BCUT2D eigenvalue weighted by atomic mass is 32.2. The molecule has 0 aliphatic carbocycles. The Morgan fingerprint density at radius 1 is 1.15 bits per heavy atom. The zero-order valence-electron chi connectivity index (χ0n) is 15.4. The summed E-state index contributed by atoms with van der Waals surface area (Å²) in [4.78, 5) is 26.8. The number of urea groups is 1. The molecule has 1 N–H and O–H groups in total. The van der Waals surface area contributed by atoms with E-state index >= 15 is 0 Å². The average Bonchev–Trinajstić information content (AvgIpc) is 2.60. The van der Waals surface area contributed by atoms with E-state index in [1.54, 1.807) is 11.8 Å². The zero-order valence-corrected chi connectivity index (χ0v) is 16.2. The minimum atomic E-state index is -0.324. The largest absolute Gasteiger partial charge is 0.334 e. The number of imide groups is 1. The lowest BCUT2D eigenvalue weighted by molar-refractivity contribution is -0.137. The summed E-state index contributed by atoms with van der Waals surface area (Å²) in [6.45, 7) is 6.94. The monoisotopic (exact) mass is 368 g/mol. The highest BCUT2D eigenvalue weighted by Gasteiger charge is 2.41. The molecule has 1 fully saturated rings. The van der Waals surface area contributed by atoms with Crippen LogP contribution in [-0.2, 0) is 16.8 Å². The van der Waals surface area contributed by atoms with Gasteiger partial charge in [0.15, 0.2) is 0 Å². The summed E-state index contributed by atoms with van der Waals surface area (Å²) in [6.07, 6.45) is 0.392. The summed E-state index contributed by atoms with van der Waals surface area (Å²) in [7, 11) is 0. The second-order valence-corrected chi connectivity index (χ2v) is 8.71. The van der Waals surface area contributed by atoms with E-state index in [9.17, 15) is 9.59 Å². The fourth-order valence-corrected chi connectivity index (χ4v) is 3.99. The minimum absolute atomic E-state index is 0.0682. The molecule has 3 amide bonds. The van der Waals surface area contributed by atoms with Crippen molar-refractivity contribution in [2.24, 2.45) is 0 Å². The number of β-lactam (4-membered cyclic amide) rings is 1. The summed E-state index contributed by atoms with van der Waals surface area (Å²) in [6, 6.07) is 17.7. The first kappa shape index (κ1) is 18.5. The highest BCUT2D eigenvalue weighted by molar-refractivity contribution is 8.00. The molecule has 1 aliphatic heterocycles. The third-order valence-electron chi connectivity index (χ3n) is 4.38. The van der Waals surface area contributed by atoms with Gasteiger partial charge < -0.3 is 5.32 Å². The van der Waals surface area contributed by atoms with Crippen LogP contribution in [0.25, 0.3) is 0 Å². The molecule has 136 valence electrons. The standard InChI is InChI=1S/C21H24N2O2S/c1-21(2,3)16-10-7-11-17(12-16)26-19-13-18(24)23(19)20(25)22-14-15-8-5-4-6-9-15/h4-12,19H,13-14H2,1-3H3,(H,22,25). The maximum atomic E-state index is 12.4. The number of likely N-dealkylation sites (tertiary alicyclic amines) is 1. The molecular formula is C21H24N2O2S. The van der Waals surface area contributed by atoms with Crippen molar-refractivity contribution < 1.29 is 9.59 Å². The van der Waals surface area contributed by atoms with Crippen LogP contribution in [-0.4, -0.2) is 22.2 Å². The van der Waals surface area contributed by atoms with Gasteiger partial charge in [-0.3, -0.25) is 9.69 Å². The lowest BCUT2D eigenvalue weighted by atomic mass is 9.87. The Hall–Kier alpha value is -2.27. The predicted molar refractivity (Wildman–Crippen MR) is 105 cm³/mol. The van der Waals surface area contributed by atoms with E-state index in [2.05, 4.69) is 38.2 Å². The van der Waals surface area contributed by atoms with Crippen molar-refractivity contribution in [3.05, 3.63) is 65.7 Å². The van der Waals surface area contributed by atoms with Gasteiger partial charge in [0.1, 0.15) is 5.37 Å². The molecule has 1 saturated heterocycles. The molecule has 2 aromatic carbocycles. The number of nitrogens with zero attached hydrogens (tertiary/aromatic N) is 1. The number of nitrogens with one attached hydrogen (secondary N) is 1. The lowest BCUT2D eigenvalue weighted by Gasteiger charge is -2.38. The number of carbonyl (C=O) groups is 2. The van der Waals surface area contributed by atoms with E-state index in [4.69, 9.17) is 0 Å². The number of carbonyl (C=O) groups excluding carboxylic acids is 2. The van der Waals surface area contributed by atoms with Gasteiger partial charge in [-0.15, -0.1) is 0 Å². The molecule has 1 atom stereocenters. The molecule has 1 unspecified atom stereocenters. The Kier molecular flexibility index (Phi) is 5.37. The summed E-state index contributed by atoms with van der Waals surface area (Å²) >= 11 is 1.57. The Balaban J connectivity index is 1.62. The summed E-state index contributed by atoms with van der Waals surface area (Å²) in [5.74, 6) is -0.125. The zero-order chi connectivity index (χ0) is 18.7. The fraction of sp³-hybridized carbons (Fsp3) is 0.333. The first-order valence-electron chi connectivity index (χ1n) is 8.75. The maximum Gasteiger partial charge on any atom is 0.325 e. The van der Waals surface area contributed by atoms with Crippen LogP contribution in [0.3, 0.4) is 0 Å². The van der Waals surface area contributed by atoms with E-state index in [1.165, 1.54) is 10.5 Å². The van der Waals surface area contributed by atoms with Crippen LogP contribution in [0, 0.1) is 0 Å². The van der Waals surface area contributed by atoms with E-state index in [-0.39, 0.29) is 22.7 Å². The van der Waals surface area contributed by atoms with Crippen molar-refractivity contribution in [1.29, 1.82) is 0 Å². The molecule has 1 aliphatic rings. The lowest BCUT2D eigenvalue weighted by Crippen LogP contribution is -2.57. The number of benzene rings is 2. The van der Waals surface area contributed by atoms with E-state index < -0.39 is 0 Å². The molecule has 3 rings (SSSR count). The van der Waals surface area contributed by atoms with E-state index in [0.29, 0.717) is 13.0 Å². The maximum absolute atomic E-state index is 12.4. The summed E-state index contributed by atoms with van der Waals surface area (Å²) in [5.41, 5.74) is 2.32. The number of hydrogen-bond donors (Lipinski definition) is 1. The highest BCUT2D eigenvalue weighted by Crippen LogP contribution is 2.36. The van der Waals surface area contributed by atoms with Gasteiger partial charge in [0.05, 0.1) is 6.42 Å². The third-order valence-corrected chi connectivity index (χ3v) is 5.56. The van der Waals surface area contributed by atoms with Crippen molar-refractivity contribution >= 4 is 23.7 Å². The molecule has 0 radical (unpaired) electrons. The molecule has 1 heterocycles. The van der Waals surface area contributed by atoms with Crippen molar-refractivity contribution in [3.8, 4) is 0 Å². The van der Waals surface area contributed by atoms with Gasteiger partial charge in [0, 0.05) is 11.4 Å².